The third-order valence-corrected chi connectivity index (χ3v) is 6.97. The summed E-state index contributed by atoms with van der Waals surface area (Å²) in [4.78, 5) is 17.8. The molecule has 2 aliphatic rings. The number of rotatable bonds is 9. The van der Waals surface area contributed by atoms with Crippen LogP contribution < -0.4 is 20.3 Å². The van der Waals surface area contributed by atoms with E-state index in [0.29, 0.717) is 12.2 Å². The molecule has 7 heteroatoms. The number of anilines is 4. The maximum Gasteiger partial charge on any atom is 0.255 e. The molecule has 0 aromatic heterocycles. The van der Waals surface area contributed by atoms with Gasteiger partial charge in [-0.2, -0.15) is 0 Å². The highest BCUT2D eigenvalue weighted by Crippen LogP contribution is 2.27. The highest BCUT2D eigenvalue weighted by Gasteiger charge is 2.14. The van der Waals surface area contributed by atoms with Crippen LogP contribution >= 0.6 is 0 Å². The number of carbonyl (C=O) groups excluding carboxylic acids is 1. The van der Waals surface area contributed by atoms with Gasteiger partial charge in [-0.3, -0.25) is 9.69 Å². The lowest BCUT2D eigenvalue weighted by Gasteiger charge is -2.29. The lowest BCUT2D eigenvalue weighted by Crippen LogP contribution is -2.36. The summed E-state index contributed by atoms with van der Waals surface area (Å²) in [6.45, 7) is 9.16. The minimum Gasteiger partial charge on any atom is -0.492 e. The van der Waals surface area contributed by atoms with Crippen molar-refractivity contribution in [2.24, 2.45) is 0 Å². The molecule has 0 bridgehead atoms. The summed E-state index contributed by atoms with van der Waals surface area (Å²) < 4.78 is 11.4. The highest BCUT2D eigenvalue weighted by atomic mass is 16.5. The fourth-order valence-electron chi connectivity index (χ4n) is 4.82. The van der Waals surface area contributed by atoms with Gasteiger partial charge in [0.25, 0.3) is 5.91 Å². The zero-order valence-corrected chi connectivity index (χ0v) is 21.5. The fourth-order valence-corrected chi connectivity index (χ4v) is 4.82. The molecule has 0 saturated carbocycles. The summed E-state index contributed by atoms with van der Waals surface area (Å²) in [6.07, 6.45) is 2.54. The topological polar surface area (TPSA) is 66.1 Å². The van der Waals surface area contributed by atoms with E-state index in [1.54, 1.807) is 0 Å². The fraction of sp³-hybridized carbons (Fsp3) is 0.367. The van der Waals surface area contributed by atoms with Crippen molar-refractivity contribution in [1.29, 1.82) is 0 Å². The molecule has 5 rings (SSSR count). The lowest BCUT2D eigenvalue weighted by atomic mass is 10.1. The van der Waals surface area contributed by atoms with Crippen molar-refractivity contribution in [3.05, 3.63) is 77.9 Å². The van der Waals surface area contributed by atoms with Gasteiger partial charge in [0.15, 0.2) is 0 Å². The summed E-state index contributed by atoms with van der Waals surface area (Å²) in [5.74, 6) is 0.568. The first-order valence-electron chi connectivity index (χ1n) is 13.2. The van der Waals surface area contributed by atoms with Crippen molar-refractivity contribution in [1.82, 2.24) is 4.90 Å². The van der Waals surface area contributed by atoms with E-state index in [2.05, 4.69) is 44.7 Å². The summed E-state index contributed by atoms with van der Waals surface area (Å²) >= 11 is 0. The van der Waals surface area contributed by atoms with Gasteiger partial charge in [-0.15, -0.1) is 0 Å². The normalized spacial score (nSPS) is 16.0. The van der Waals surface area contributed by atoms with E-state index >= 15 is 0 Å². The first kappa shape index (κ1) is 25.1. The van der Waals surface area contributed by atoms with Crippen LogP contribution in [0.4, 0.5) is 22.7 Å². The third-order valence-electron chi connectivity index (χ3n) is 6.97. The lowest BCUT2D eigenvalue weighted by molar-refractivity contribution is 0.102. The molecule has 1 amide bonds. The quantitative estimate of drug-likeness (QED) is 0.416. The minimum atomic E-state index is -0.153. The van der Waals surface area contributed by atoms with Gasteiger partial charge in [-0.05, 0) is 86.9 Å². The van der Waals surface area contributed by atoms with Crippen LogP contribution in [-0.4, -0.2) is 63.4 Å². The van der Waals surface area contributed by atoms with Crippen molar-refractivity contribution >= 4 is 28.7 Å². The van der Waals surface area contributed by atoms with E-state index in [9.17, 15) is 4.79 Å². The molecular weight excluding hydrogens is 464 g/mol. The number of nitrogens with zero attached hydrogens (tertiary/aromatic N) is 2. The molecule has 0 aliphatic carbocycles. The number of morpholine rings is 1. The molecule has 0 radical (unpaired) electrons. The maximum absolute atomic E-state index is 13.1. The third kappa shape index (κ3) is 6.81. The van der Waals surface area contributed by atoms with E-state index in [-0.39, 0.29) is 5.91 Å². The molecule has 7 nitrogen and oxygen atoms in total. The zero-order valence-electron chi connectivity index (χ0n) is 21.5. The molecule has 2 fully saturated rings. The van der Waals surface area contributed by atoms with E-state index in [0.717, 1.165) is 74.3 Å². The van der Waals surface area contributed by atoms with Crippen LogP contribution in [0, 0.1) is 6.92 Å². The van der Waals surface area contributed by atoms with Crippen molar-refractivity contribution in [2.75, 3.05) is 68.1 Å². The average molecular weight is 501 g/mol. The van der Waals surface area contributed by atoms with Gasteiger partial charge in [-0.1, -0.05) is 18.2 Å². The minimum absolute atomic E-state index is 0.153. The Bertz CT molecular complexity index is 1200. The second kappa shape index (κ2) is 12.1. The molecule has 0 unspecified atom stereocenters. The number of benzene rings is 3. The van der Waals surface area contributed by atoms with Gasteiger partial charge < -0.3 is 25.0 Å². The second-order valence-electron chi connectivity index (χ2n) is 9.68. The second-order valence-corrected chi connectivity index (χ2v) is 9.68. The van der Waals surface area contributed by atoms with Gasteiger partial charge in [0.2, 0.25) is 0 Å². The molecule has 3 aromatic rings. The van der Waals surface area contributed by atoms with Gasteiger partial charge in [0, 0.05) is 47.9 Å². The predicted octanol–water partition coefficient (Wildman–Crippen LogP) is 5.30. The predicted molar refractivity (Wildman–Crippen MR) is 149 cm³/mol. The molecular formula is C30H36N4O3. The molecule has 2 heterocycles. The van der Waals surface area contributed by atoms with Crippen molar-refractivity contribution < 1.29 is 14.3 Å². The van der Waals surface area contributed by atoms with Crippen LogP contribution in [0.15, 0.2) is 66.7 Å². The Kier molecular flexibility index (Phi) is 8.23. The number of carbonyl (C=O) groups is 1. The van der Waals surface area contributed by atoms with Crippen molar-refractivity contribution in [2.45, 2.75) is 19.8 Å². The average Bonchev–Trinajstić information content (AvgIpc) is 3.45. The highest BCUT2D eigenvalue weighted by molar-refractivity contribution is 6.05. The van der Waals surface area contributed by atoms with Crippen LogP contribution in [-0.2, 0) is 4.74 Å². The summed E-state index contributed by atoms with van der Waals surface area (Å²) in [7, 11) is 0. The standard InChI is InChI=1S/C30H36N4O3/c1-23-10-11-26(31-25-7-5-8-27(21-25)34-15-17-36-18-16-34)22-29(23)32-30(35)24-6-4-9-28(20-24)37-19-14-33-12-2-3-13-33/h4-11,20-22,31H,2-3,12-19H2,1H3,(H,32,35). The van der Waals surface area contributed by atoms with Crippen LogP contribution in [0.25, 0.3) is 0 Å². The zero-order chi connectivity index (χ0) is 25.5. The number of hydrogen-bond donors (Lipinski definition) is 2. The Balaban J connectivity index is 1.21. The molecule has 37 heavy (non-hydrogen) atoms. The summed E-state index contributed by atoms with van der Waals surface area (Å²) in [5.41, 5.74) is 5.45. The Labute approximate surface area is 219 Å². The first-order valence-corrected chi connectivity index (χ1v) is 13.2. The number of hydrogen-bond acceptors (Lipinski definition) is 6. The Morgan fingerprint density at radius 2 is 1.70 bits per heavy atom. The van der Waals surface area contributed by atoms with E-state index in [1.807, 2.05) is 49.4 Å². The number of likely N-dealkylation sites (tertiary alicyclic amines) is 1. The number of nitrogens with one attached hydrogen (secondary N) is 2. The largest absolute Gasteiger partial charge is 0.492 e. The molecule has 2 aliphatic heterocycles. The summed E-state index contributed by atoms with van der Waals surface area (Å²) in [5, 5.41) is 6.57. The van der Waals surface area contributed by atoms with Gasteiger partial charge in [-0.25, -0.2) is 0 Å². The van der Waals surface area contributed by atoms with Gasteiger partial charge in [0.1, 0.15) is 12.4 Å². The Hall–Kier alpha value is -3.55. The van der Waals surface area contributed by atoms with Crippen molar-refractivity contribution in [3.8, 4) is 5.75 Å². The van der Waals surface area contributed by atoms with E-state index < -0.39 is 0 Å². The summed E-state index contributed by atoms with van der Waals surface area (Å²) in [6, 6.07) is 21.8. The van der Waals surface area contributed by atoms with Gasteiger partial charge >= 0.3 is 0 Å². The van der Waals surface area contributed by atoms with Crippen molar-refractivity contribution in [3.63, 3.8) is 0 Å². The molecule has 2 N–H and O–H groups in total. The first-order chi connectivity index (χ1) is 18.1. The van der Waals surface area contributed by atoms with Crippen LogP contribution in [0.3, 0.4) is 0 Å². The smallest absolute Gasteiger partial charge is 0.255 e. The maximum atomic E-state index is 13.1. The van der Waals surface area contributed by atoms with Crippen LogP contribution in [0.2, 0.25) is 0 Å². The molecule has 0 spiro atoms. The van der Waals surface area contributed by atoms with E-state index in [1.165, 1.54) is 18.5 Å². The van der Waals surface area contributed by atoms with E-state index in [4.69, 9.17) is 9.47 Å². The van der Waals surface area contributed by atoms with Crippen LogP contribution in [0.5, 0.6) is 5.75 Å². The molecule has 2 saturated heterocycles. The Morgan fingerprint density at radius 1 is 0.919 bits per heavy atom. The molecule has 194 valence electrons. The monoisotopic (exact) mass is 500 g/mol. The Morgan fingerprint density at radius 3 is 2.54 bits per heavy atom. The van der Waals surface area contributed by atoms with Crippen LogP contribution in [0.1, 0.15) is 28.8 Å². The number of amides is 1. The van der Waals surface area contributed by atoms with Gasteiger partial charge in [0.05, 0.1) is 13.2 Å². The number of aryl methyl sites for hydroxylation is 1. The number of ether oxygens (including phenoxy) is 2. The molecule has 3 aromatic carbocycles. The molecule has 0 atom stereocenters. The SMILES string of the molecule is Cc1ccc(Nc2cccc(N3CCOCC3)c2)cc1NC(=O)c1cccc(OCCN2CCCC2)c1.